The van der Waals surface area contributed by atoms with Crippen LogP contribution in [0.4, 0.5) is 0 Å². The number of amides is 1. The average molecular weight is 352 g/mol. The van der Waals surface area contributed by atoms with Gasteiger partial charge in [0.15, 0.2) is 0 Å². The molecular weight excluding hydrogens is 332 g/mol. The summed E-state index contributed by atoms with van der Waals surface area (Å²) in [5.41, 5.74) is 2.03. The van der Waals surface area contributed by atoms with E-state index in [9.17, 15) is 13.2 Å². The van der Waals surface area contributed by atoms with Crippen LogP contribution in [0, 0.1) is 0 Å². The molecule has 2 aromatic rings. The molecule has 0 bridgehead atoms. The van der Waals surface area contributed by atoms with Crippen molar-refractivity contribution in [2.45, 2.75) is 26.1 Å². The molecule has 3 rings (SSSR count). The minimum Gasteiger partial charge on any atom is -0.346 e. The highest BCUT2D eigenvalue weighted by atomic mass is 32.2. The summed E-state index contributed by atoms with van der Waals surface area (Å²) < 4.78 is 28.4. The fourth-order valence-corrected chi connectivity index (χ4v) is 3.50. The largest absolute Gasteiger partial charge is 0.346 e. The predicted octanol–water partition coefficient (Wildman–Crippen LogP) is -0.288. The first-order valence-electron chi connectivity index (χ1n) is 7.60. The lowest BCUT2D eigenvalue weighted by Gasteiger charge is -2.16. The van der Waals surface area contributed by atoms with E-state index in [0.29, 0.717) is 37.3 Å². The van der Waals surface area contributed by atoms with Crippen molar-refractivity contribution in [3.8, 4) is 0 Å². The van der Waals surface area contributed by atoms with Crippen molar-refractivity contribution in [1.29, 1.82) is 0 Å². The smallest absolute Gasteiger partial charge is 0.254 e. The summed E-state index contributed by atoms with van der Waals surface area (Å²) in [5, 5.41) is 11.2. The van der Waals surface area contributed by atoms with Gasteiger partial charge in [-0.1, -0.05) is 0 Å². The topological polar surface area (TPSA) is 102 Å². The van der Waals surface area contributed by atoms with Gasteiger partial charge in [-0.05, 0) is 12.5 Å². The van der Waals surface area contributed by atoms with Gasteiger partial charge in [0.25, 0.3) is 5.91 Å². The molecule has 2 aromatic heterocycles. The van der Waals surface area contributed by atoms with Crippen LogP contribution in [0.5, 0.6) is 0 Å². The summed E-state index contributed by atoms with van der Waals surface area (Å²) in [6.45, 7) is 1.75. The molecule has 1 amide bonds. The molecule has 0 unspecified atom stereocenters. The van der Waals surface area contributed by atoms with Gasteiger partial charge in [0.1, 0.15) is 0 Å². The van der Waals surface area contributed by atoms with E-state index in [1.54, 1.807) is 17.9 Å². The third kappa shape index (κ3) is 3.65. The molecular formula is C14H20N6O3S. The number of sulfonamides is 1. The van der Waals surface area contributed by atoms with Crippen LogP contribution in [-0.4, -0.2) is 51.0 Å². The van der Waals surface area contributed by atoms with Crippen LogP contribution in [0.1, 0.15) is 28.2 Å². The molecule has 0 aliphatic carbocycles. The first-order chi connectivity index (χ1) is 11.3. The highest BCUT2D eigenvalue weighted by Gasteiger charge is 2.22. The number of nitrogens with zero attached hydrogens (tertiary/aromatic N) is 5. The van der Waals surface area contributed by atoms with Crippen LogP contribution in [0.2, 0.25) is 0 Å². The fourth-order valence-electron chi connectivity index (χ4n) is 2.67. The molecule has 0 spiro atoms. The van der Waals surface area contributed by atoms with Crippen molar-refractivity contribution < 1.29 is 13.2 Å². The van der Waals surface area contributed by atoms with E-state index in [4.69, 9.17) is 0 Å². The average Bonchev–Trinajstić information content (AvgIpc) is 3.04. The number of carbonyl (C=O) groups is 1. The first kappa shape index (κ1) is 16.7. The maximum Gasteiger partial charge on any atom is 0.254 e. The third-order valence-corrected chi connectivity index (χ3v) is 5.15. The Hall–Kier alpha value is -2.20. The Bertz CT molecular complexity index is 854. The lowest BCUT2D eigenvalue weighted by molar-refractivity contribution is 0.0950. The van der Waals surface area contributed by atoms with Crippen LogP contribution in [0.3, 0.4) is 0 Å². The van der Waals surface area contributed by atoms with Gasteiger partial charge in [0, 0.05) is 26.3 Å². The van der Waals surface area contributed by atoms with Crippen molar-refractivity contribution in [3.63, 3.8) is 0 Å². The first-order valence-corrected chi connectivity index (χ1v) is 9.45. The molecule has 0 aromatic carbocycles. The molecule has 0 fully saturated rings. The second-order valence-electron chi connectivity index (χ2n) is 5.89. The number of aromatic nitrogens is 4. The van der Waals surface area contributed by atoms with Crippen LogP contribution < -0.4 is 5.32 Å². The van der Waals surface area contributed by atoms with E-state index >= 15 is 0 Å². The number of rotatable bonds is 4. The predicted molar refractivity (Wildman–Crippen MR) is 86.5 cm³/mol. The zero-order chi connectivity index (χ0) is 17.3. The standard InChI is InChI=1S/C14H20N6O3S/c1-18-9-11(7-16-18)14(21)15-8-12-6-13-10-19(24(2,22)23)4-3-5-20(13)17-12/h6-7,9H,3-5,8,10H2,1-2H3,(H,15,21). The van der Waals surface area contributed by atoms with Crippen molar-refractivity contribution in [2.75, 3.05) is 12.8 Å². The van der Waals surface area contributed by atoms with Gasteiger partial charge in [0.2, 0.25) is 10.0 Å². The van der Waals surface area contributed by atoms with Gasteiger partial charge in [-0.3, -0.25) is 14.2 Å². The van der Waals surface area contributed by atoms with Crippen LogP contribution in [0.25, 0.3) is 0 Å². The Kier molecular flexibility index (Phi) is 4.41. The quantitative estimate of drug-likeness (QED) is 0.815. The monoisotopic (exact) mass is 352 g/mol. The normalized spacial score (nSPS) is 15.8. The van der Waals surface area contributed by atoms with Crippen molar-refractivity contribution in [1.82, 2.24) is 29.2 Å². The number of hydrogen-bond acceptors (Lipinski definition) is 5. The Morgan fingerprint density at radius 1 is 1.38 bits per heavy atom. The minimum absolute atomic E-state index is 0.218. The molecule has 0 atom stereocenters. The molecule has 3 heterocycles. The summed E-state index contributed by atoms with van der Waals surface area (Å²) in [5.74, 6) is -0.218. The lowest BCUT2D eigenvalue weighted by Crippen LogP contribution is -2.29. The van der Waals surface area contributed by atoms with E-state index in [2.05, 4.69) is 15.5 Å². The summed E-state index contributed by atoms with van der Waals surface area (Å²) in [6, 6.07) is 1.84. The summed E-state index contributed by atoms with van der Waals surface area (Å²) in [6.07, 6.45) is 5.07. The summed E-state index contributed by atoms with van der Waals surface area (Å²) in [7, 11) is -1.48. The second kappa shape index (κ2) is 6.36. The minimum atomic E-state index is -3.23. The second-order valence-corrected chi connectivity index (χ2v) is 7.87. The van der Waals surface area contributed by atoms with Gasteiger partial charge < -0.3 is 5.32 Å². The van der Waals surface area contributed by atoms with Crippen LogP contribution in [-0.2, 0) is 36.7 Å². The molecule has 24 heavy (non-hydrogen) atoms. The zero-order valence-electron chi connectivity index (χ0n) is 13.6. The van der Waals surface area contributed by atoms with E-state index < -0.39 is 10.0 Å². The highest BCUT2D eigenvalue weighted by Crippen LogP contribution is 2.16. The maximum absolute atomic E-state index is 12.0. The maximum atomic E-state index is 12.0. The highest BCUT2D eigenvalue weighted by molar-refractivity contribution is 7.88. The molecule has 0 saturated carbocycles. The number of aryl methyl sites for hydroxylation is 2. The van der Waals surface area contributed by atoms with Gasteiger partial charge in [-0.25, -0.2) is 8.42 Å². The lowest BCUT2D eigenvalue weighted by atomic mass is 10.3. The number of carbonyl (C=O) groups excluding carboxylic acids is 1. The Labute approximate surface area is 140 Å². The van der Waals surface area contributed by atoms with Crippen molar-refractivity contribution in [2.24, 2.45) is 7.05 Å². The number of hydrogen-bond donors (Lipinski definition) is 1. The summed E-state index contributed by atoms with van der Waals surface area (Å²) >= 11 is 0. The van der Waals surface area contributed by atoms with E-state index in [1.807, 2.05) is 10.7 Å². The fraction of sp³-hybridized carbons (Fsp3) is 0.500. The molecule has 1 N–H and O–H groups in total. The number of nitrogens with one attached hydrogen (secondary N) is 1. The van der Waals surface area contributed by atoms with E-state index in [1.165, 1.54) is 16.8 Å². The molecule has 9 nitrogen and oxygen atoms in total. The molecule has 10 heteroatoms. The van der Waals surface area contributed by atoms with E-state index in [-0.39, 0.29) is 12.5 Å². The van der Waals surface area contributed by atoms with Crippen molar-refractivity contribution in [3.05, 3.63) is 35.4 Å². The Morgan fingerprint density at radius 2 is 2.17 bits per heavy atom. The van der Waals surface area contributed by atoms with Gasteiger partial charge in [-0.2, -0.15) is 14.5 Å². The van der Waals surface area contributed by atoms with E-state index in [0.717, 1.165) is 5.69 Å². The molecule has 1 aliphatic heterocycles. The van der Waals surface area contributed by atoms with Gasteiger partial charge >= 0.3 is 0 Å². The van der Waals surface area contributed by atoms with Crippen LogP contribution in [0.15, 0.2) is 18.5 Å². The molecule has 1 aliphatic rings. The van der Waals surface area contributed by atoms with Crippen molar-refractivity contribution >= 4 is 15.9 Å². The van der Waals surface area contributed by atoms with Gasteiger partial charge in [-0.15, -0.1) is 0 Å². The Balaban J connectivity index is 1.68. The SMILES string of the molecule is Cn1cc(C(=O)NCc2cc3n(n2)CCCN(S(C)(=O)=O)C3)cn1. The summed E-state index contributed by atoms with van der Waals surface area (Å²) in [4.78, 5) is 12.0. The molecule has 0 radical (unpaired) electrons. The zero-order valence-corrected chi connectivity index (χ0v) is 14.5. The Morgan fingerprint density at radius 3 is 2.83 bits per heavy atom. The third-order valence-electron chi connectivity index (χ3n) is 3.90. The molecule has 0 saturated heterocycles. The molecule has 130 valence electrons. The van der Waals surface area contributed by atoms with Gasteiger partial charge in [0.05, 0.1) is 42.5 Å². The van der Waals surface area contributed by atoms with Crippen LogP contribution >= 0.6 is 0 Å². The number of fused-ring (bicyclic) bond motifs is 1.